The van der Waals surface area contributed by atoms with Crippen molar-refractivity contribution in [3.8, 4) is 0 Å². The minimum absolute atomic E-state index is 0.108. The Morgan fingerprint density at radius 3 is 1.73 bits per heavy atom. The summed E-state index contributed by atoms with van der Waals surface area (Å²) in [4.78, 5) is 0. The van der Waals surface area contributed by atoms with E-state index in [0.717, 1.165) is 25.7 Å². The van der Waals surface area contributed by atoms with Crippen LogP contribution in [0, 0.1) is 0 Å². The normalized spacial score (nSPS) is 50.7. The van der Waals surface area contributed by atoms with Gasteiger partial charge in [0.25, 0.3) is 0 Å². The molecule has 11 heavy (non-hydrogen) atoms. The highest BCUT2D eigenvalue weighted by Crippen LogP contribution is 2.41. The summed E-state index contributed by atoms with van der Waals surface area (Å²) in [6, 6.07) is 0. The largest absolute Gasteiger partial charge is 0.392 e. The summed E-state index contributed by atoms with van der Waals surface area (Å²) in [6.45, 7) is 0. The molecule has 0 unspecified atom stereocenters. The predicted octanol–water partition coefficient (Wildman–Crippen LogP) is 0.766. The van der Waals surface area contributed by atoms with Crippen LogP contribution in [0.2, 0.25) is 0 Å². The molecular weight excluding hydrogens is 160 g/mol. The highest BCUT2D eigenvalue weighted by atomic mass is 32.2. The molecule has 2 fully saturated rings. The SMILES string of the molecule is O[C@@H]1CC[C@H]2S[C@H]1CC[C@H]2O. The molecule has 0 saturated carbocycles. The summed E-state index contributed by atoms with van der Waals surface area (Å²) >= 11 is 1.79. The zero-order valence-corrected chi connectivity index (χ0v) is 7.26. The number of rotatable bonds is 0. The first-order chi connectivity index (χ1) is 5.27. The third-order valence-electron chi connectivity index (χ3n) is 2.70. The summed E-state index contributed by atoms with van der Waals surface area (Å²) < 4.78 is 0. The van der Waals surface area contributed by atoms with Crippen molar-refractivity contribution >= 4 is 11.8 Å². The summed E-state index contributed by atoms with van der Waals surface area (Å²) in [6.07, 6.45) is 3.54. The van der Waals surface area contributed by atoms with Crippen molar-refractivity contribution in [3.63, 3.8) is 0 Å². The lowest BCUT2D eigenvalue weighted by Crippen LogP contribution is -2.41. The Morgan fingerprint density at radius 1 is 0.818 bits per heavy atom. The molecule has 2 bridgehead atoms. The quantitative estimate of drug-likeness (QED) is 0.570. The van der Waals surface area contributed by atoms with E-state index >= 15 is 0 Å². The molecule has 2 N–H and O–H groups in total. The fraction of sp³-hybridized carbons (Fsp3) is 1.00. The maximum Gasteiger partial charge on any atom is 0.0659 e. The van der Waals surface area contributed by atoms with E-state index in [2.05, 4.69) is 0 Å². The van der Waals surface area contributed by atoms with Gasteiger partial charge in [-0.25, -0.2) is 0 Å². The molecule has 2 heterocycles. The molecule has 0 aliphatic carbocycles. The number of thioether (sulfide) groups is 1. The highest BCUT2D eigenvalue weighted by molar-refractivity contribution is 8.00. The topological polar surface area (TPSA) is 40.5 Å². The lowest BCUT2D eigenvalue weighted by atomic mass is 9.95. The van der Waals surface area contributed by atoms with Crippen LogP contribution < -0.4 is 0 Å². The second-order valence-electron chi connectivity index (χ2n) is 3.50. The molecular formula is C8H14O2S. The highest BCUT2D eigenvalue weighted by Gasteiger charge is 2.37. The van der Waals surface area contributed by atoms with E-state index < -0.39 is 0 Å². The number of hydrogen-bond acceptors (Lipinski definition) is 3. The molecule has 2 rings (SSSR count). The van der Waals surface area contributed by atoms with Crippen LogP contribution in [-0.2, 0) is 0 Å². The molecule has 2 nitrogen and oxygen atoms in total. The fourth-order valence-electron chi connectivity index (χ4n) is 1.97. The van der Waals surface area contributed by atoms with Crippen molar-refractivity contribution in [3.05, 3.63) is 0 Å². The van der Waals surface area contributed by atoms with E-state index in [-0.39, 0.29) is 12.2 Å². The lowest BCUT2D eigenvalue weighted by molar-refractivity contribution is 0.0913. The summed E-state index contributed by atoms with van der Waals surface area (Å²) in [5, 5.41) is 19.8. The minimum Gasteiger partial charge on any atom is -0.392 e. The summed E-state index contributed by atoms with van der Waals surface area (Å²) in [7, 11) is 0. The summed E-state index contributed by atoms with van der Waals surface area (Å²) in [5.74, 6) is 0. The van der Waals surface area contributed by atoms with Crippen LogP contribution in [-0.4, -0.2) is 32.9 Å². The van der Waals surface area contributed by atoms with Gasteiger partial charge in [-0.05, 0) is 25.7 Å². The third-order valence-corrected chi connectivity index (χ3v) is 4.50. The van der Waals surface area contributed by atoms with E-state index in [1.54, 1.807) is 11.8 Å². The number of hydrogen-bond donors (Lipinski definition) is 2. The van der Waals surface area contributed by atoms with Gasteiger partial charge in [0.15, 0.2) is 0 Å². The Bertz CT molecular complexity index is 135. The molecule has 0 radical (unpaired) electrons. The van der Waals surface area contributed by atoms with Crippen molar-refractivity contribution in [2.24, 2.45) is 0 Å². The minimum atomic E-state index is -0.108. The zero-order chi connectivity index (χ0) is 7.84. The molecule has 2 aliphatic heterocycles. The van der Waals surface area contributed by atoms with Gasteiger partial charge in [0.1, 0.15) is 0 Å². The molecule has 0 aromatic rings. The van der Waals surface area contributed by atoms with Crippen molar-refractivity contribution in [2.75, 3.05) is 0 Å². The van der Waals surface area contributed by atoms with Gasteiger partial charge < -0.3 is 10.2 Å². The Morgan fingerprint density at radius 2 is 1.27 bits per heavy atom. The molecule has 2 saturated heterocycles. The monoisotopic (exact) mass is 174 g/mol. The van der Waals surface area contributed by atoms with E-state index in [1.165, 1.54) is 0 Å². The second-order valence-corrected chi connectivity index (χ2v) is 4.99. The first-order valence-corrected chi connectivity index (χ1v) is 5.23. The van der Waals surface area contributed by atoms with E-state index in [0.29, 0.717) is 10.5 Å². The number of fused-ring (bicyclic) bond motifs is 2. The van der Waals surface area contributed by atoms with Crippen LogP contribution in [0.25, 0.3) is 0 Å². The molecule has 0 spiro atoms. The first-order valence-electron chi connectivity index (χ1n) is 4.29. The van der Waals surface area contributed by atoms with Crippen LogP contribution in [0.1, 0.15) is 25.7 Å². The van der Waals surface area contributed by atoms with Gasteiger partial charge in [-0.2, -0.15) is 0 Å². The van der Waals surface area contributed by atoms with Crippen molar-refractivity contribution in [1.29, 1.82) is 0 Å². The van der Waals surface area contributed by atoms with E-state index in [9.17, 15) is 10.2 Å². The summed E-state index contributed by atoms with van der Waals surface area (Å²) in [5.41, 5.74) is 0. The predicted molar refractivity (Wildman–Crippen MR) is 45.6 cm³/mol. The van der Waals surface area contributed by atoms with Gasteiger partial charge in [0.2, 0.25) is 0 Å². The van der Waals surface area contributed by atoms with Crippen LogP contribution in [0.3, 0.4) is 0 Å². The van der Waals surface area contributed by atoms with Gasteiger partial charge in [-0.3, -0.25) is 0 Å². The van der Waals surface area contributed by atoms with E-state index in [4.69, 9.17) is 0 Å². The van der Waals surface area contributed by atoms with E-state index in [1.807, 2.05) is 0 Å². The second kappa shape index (κ2) is 2.96. The molecule has 0 amide bonds. The first kappa shape index (κ1) is 7.90. The number of aliphatic hydroxyl groups excluding tert-OH is 2. The van der Waals surface area contributed by atoms with Crippen LogP contribution in [0.15, 0.2) is 0 Å². The average molecular weight is 174 g/mol. The molecule has 64 valence electrons. The lowest BCUT2D eigenvalue weighted by Gasteiger charge is -2.40. The van der Waals surface area contributed by atoms with Crippen LogP contribution in [0.4, 0.5) is 0 Å². The third kappa shape index (κ3) is 1.42. The van der Waals surface area contributed by atoms with Crippen molar-refractivity contribution in [1.82, 2.24) is 0 Å². The Balaban J connectivity index is 2.02. The standard InChI is InChI=1S/C8H14O2S/c9-5-1-3-7-6(10)2-4-8(5)11-7/h5-10H,1-4H2/t5-,6-,7-,8+/m1/s1. The van der Waals surface area contributed by atoms with Gasteiger partial charge in [0, 0.05) is 10.5 Å². The van der Waals surface area contributed by atoms with Gasteiger partial charge >= 0.3 is 0 Å². The fourth-order valence-corrected chi connectivity index (χ4v) is 3.60. The Labute approximate surface area is 71.0 Å². The van der Waals surface area contributed by atoms with Crippen LogP contribution >= 0.6 is 11.8 Å². The molecule has 0 aromatic carbocycles. The molecule has 0 aromatic heterocycles. The smallest absolute Gasteiger partial charge is 0.0659 e. The van der Waals surface area contributed by atoms with Crippen molar-refractivity contribution < 1.29 is 10.2 Å². The Hall–Kier alpha value is 0.270. The maximum absolute atomic E-state index is 9.50. The van der Waals surface area contributed by atoms with Gasteiger partial charge in [0.05, 0.1) is 12.2 Å². The maximum atomic E-state index is 9.50. The molecule has 4 atom stereocenters. The van der Waals surface area contributed by atoms with Crippen LogP contribution in [0.5, 0.6) is 0 Å². The number of aliphatic hydroxyl groups is 2. The molecule has 3 heteroatoms. The Kier molecular flexibility index (Phi) is 2.12. The van der Waals surface area contributed by atoms with Gasteiger partial charge in [-0.1, -0.05) is 0 Å². The van der Waals surface area contributed by atoms with Crippen molar-refractivity contribution in [2.45, 2.75) is 48.4 Å². The average Bonchev–Trinajstić information content (AvgIpc) is 2.02. The zero-order valence-electron chi connectivity index (χ0n) is 6.44. The van der Waals surface area contributed by atoms with Gasteiger partial charge in [-0.15, -0.1) is 11.8 Å². The molecule has 2 aliphatic rings.